The first kappa shape index (κ1) is 19.3. The second-order valence-corrected chi connectivity index (χ2v) is 7.27. The molecule has 0 bridgehead atoms. The van der Waals surface area contributed by atoms with Crippen molar-refractivity contribution in [2.24, 2.45) is 0 Å². The predicted molar refractivity (Wildman–Crippen MR) is 118 cm³/mol. The van der Waals surface area contributed by atoms with Crippen LogP contribution >= 0.6 is 0 Å². The molecule has 0 unspecified atom stereocenters. The van der Waals surface area contributed by atoms with Crippen LogP contribution in [0.5, 0.6) is 5.75 Å². The Kier molecular flexibility index (Phi) is 5.96. The summed E-state index contributed by atoms with van der Waals surface area (Å²) in [4.78, 5) is 17.3. The van der Waals surface area contributed by atoms with Crippen molar-refractivity contribution in [3.8, 4) is 17.0 Å². The molecule has 2 aromatic carbocycles. The van der Waals surface area contributed by atoms with Crippen LogP contribution in [-0.2, 0) is 6.54 Å². The largest absolute Gasteiger partial charge is 0.495 e. The van der Waals surface area contributed by atoms with Gasteiger partial charge in [-0.05, 0) is 23.8 Å². The summed E-state index contributed by atoms with van der Waals surface area (Å²) in [6.07, 6.45) is 0. The lowest BCUT2D eigenvalue weighted by molar-refractivity contribution is 0.247. The molecule has 1 aliphatic heterocycles. The summed E-state index contributed by atoms with van der Waals surface area (Å²) in [5.74, 6) is 0.921. The molecular weight excluding hydrogens is 362 g/mol. The first-order chi connectivity index (χ1) is 14.3. The fraction of sp³-hybridized carbons (Fsp3) is 0.292. The quantitative estimate of drug-likeness (QED) is 0.648. The number of aromatic nitrogens is 1. The number of pyridine rings is 1. The van der Waals surface area contributed by atoms with Crippen LogP contribution in [0.15, 0.2) is 77.6 Å². The van der Waals surface area contributed by atoms with Crippen LogP contribution in [-0.4, -0.2) is 49.3 Å². The van der Waals surface area contributed by atoms with Gasteiger partial charge in [0, 0.05) is 45.3 Å². The molecule has 0 spiro atoms. The highest BCUT2D eigenvalue weighted by molar-refractivity contribution is 5.59. The molecule has 0 amide bonds. The molecule has 5 nitrogen and oxygen atoms in total. The maximum absolute atomic E-state index is 12.5. The zero-order valence-electron chi connectivity index (χ0n) is 16.8. The molecule has 1 saturated heterocycles. The van der Waals surface area contributed by atoms with Crippen molar-refractivity contribution in [3.05, 3.63) is 83.2 Å². The fourth-order valence-electron chi connectivity index (χ4n) is 3.96. The number of methoxy groups -OCH3 is 1. The Balaban J connectivity index is 1.41. The van der Waals surface area contributed by atoms with Crippen molar-refractivity contribution in [2.45, 2.75) is 6.54 Å². The molecule has 0 radical (unpaired) electrons. The van der Waals surface area contributed by atoms with Crippen LogP contribution in [0.1, 0.15) is 0 Å². The lowest BCUT2D eigenvalue weighted by atomic mass is 10.1. The van der Waals surface area contributed by atoms with Crippen LogP contribution in [0.25, 0.3) is 11.3 Å². The molecule has 0 atom stereocenters. The van der Waals surface area contributed by atoms with Gasteiger partial charge in [0.25, 0.3) is 5.56 Å². The van der Waals surface area contributed by atoms with E-state index in [1.54, 1.807) is 13.2 Å². The average molecular weight is 389 g/mol. The fourth-order valence-corrected chi connectivity index (χ4v) is 3.96. The van der Waals surface area contributed by atoms with Gasteiger partial charge in [-0.15, -0.1) is 0 Å². The standard InChI is InChI=1S/C24H27N3O2/c1-29-23-12-6-5-10-22(23)26-17-14-25(15-18-26)16-19-27-21(11-7-13-24(27)28)20-8-3-2-4-9-20/h2-13H,14-19H2,1H3. The zero-order chi connectivity index (χ0) is 20.1. The van der Waals surface area contributed by atoms with E-state index in [0.717, 1.165) is 55.4 Å². The van der Waals surface area contributed by atoms with Gasteiger partial charge >= 0.3 is 0 Å². The molecule has 0 N–H and O–H groups in total. The number of benzene rings is 2. The van der Waals surface area contributed by atoms with Gasteiger partial charge in [-0.2, -0.15) is 0 Å². The SMILES string of the molecule is COc1ccccc1N1CCN(CCn2c(-c3ccccc3)cccc2=O)CC1. The summed E-state index contributed by atoms with van der Waals surface area (Å²) in [5, 5.41) is 0. The smallest absolute Gasteiger partial charge is 0.251 e. The van der Waals surface area contributed by atoms with Crippen LogP contribution in [0.4, 0.5) is 5.69 Å². The predicted octanol–water partition coefficient (Wildman–Crippen LogP) is 3.35. The van der Waals surface area contributed by atoms with Gasteiger partial charge in [0.2, 0.25) is 0 Å². The lowest BCUT2D eigenvalue weighted by Gasteiger charge is -2.36. The van der Waals surface area contributed by atoms with Gasteiger partial charge in [-0.3, -0.25) is 9.69 Å². The van der Waals surface area contributed by atoms with E-state index in [0.29, 0.717) is 6.54 Å². The van der Waals surface area contributed by atoms with Crippen molar-refractivity contribution in [3.63, 3.8) is 0 Å². The highest BCUT2D eigenvalue weighted by Gasteiger charge is 2.19. The number of ether oxygens (including phenoxy) is 1. The van der Waals surface area contributed by atoms with E-state index in [-0.39, 0.29) is 5.56 Å². The van der Waals surface area contributed by atoms with Crippen LogP contribution in [0.2, 0.25) is 0 Å². The van der Waals surface area contributed by atoms with E-state index < -0.39 is 0 Å². The Morgan fingerprint density at radius 2 is 1.52 bits per heavy atom. The molecule has 2 heterocycles. The third-order valence-electron chi connectivity index (χ3n) is 5.56. The number of para-hydroxylation sites is 2. The minimum absolute atomic E-state index is 0.0546. The van der Waals surface area contributed by atoms with Crippen LogP contribution < -0.4 is 15.2 Å². The molecule has 1 aromatic heterocycles. The highest BCUT2D eigenvalue weighted by Crippen LogP contribution is 2.28. The van der Waals surface area contributed by atoms with E-state index in [2.05, 4.69) is 34.1 Å². The van der Waals surface area contributed by atoms with E-state index in [1.807, 2.05) is 47.0 Å². The van der Waals surface area contributed by atoms with E-state index >= 15 is 0 Å². The summed E-state index contributed by atoms with van der Waals surface area (Å²) in [7, 11) is 1.72. The molecule has 3 aromatic rings. The maximum Gasteiger partial charge on any atom is 0.251 e. The second-order valence-electron chi connectivity index (χ2n) is 7.27. The first-order valence-corrected chi connectivity index (χ1v) is 10.1. The number of hydrogen-bond acceptors (Lipinski definition) is 4. The molecule has 5 heteroatoms. The van der Waals surface area contributed by atoms with Crippen molar-refractivity contribution < 1.29 is 4.74 Å². The van der Waals surface area contributed by atoms with Gasteiger partial charge in [-0.1, -0.05) is 48.5 Å². The third-order valence-corrected chi connectivity index (χ3v) is 5.56. The Labute approximate surface area is 171 Å². The number of nitrogens with zero attached hydrogens (tertiary/aromatic N) is 3. The van der Waals surface area contributed by atoms with Gasteiger partial charge < -0.3 is 14.2 Å². The summed E-state index contributed by atoms with van der Waals surface area (Å²) in [5.41, 5.74) is 3.26. The third kappa shape index (κ3) is 4.35. The second kappa shape index (κ2) is 8.97. The van der Waals surface area contributed by atoms with E-state index in [9.17, 15) is 4.79 Å². The molecule has 150 valence electrons. The summed E-state index contributed by atoms with van der Waals surface area (Å²) in [6, 6.07) is 23.8. The molecular formula is C24H27N3O2. The molecule has 1 aliphatic rings. The molecule has 0 aliphatic carbocycles. The monoisotopic (exact) mass is 389 g/mol. The molecule has 4 rings (SSSR count). The lowest BCUT2D eigenvalue weighted by Crippen LogP contribution is -2.47. The Morgan fingerprint density at radius 3 is 2.28 bits per heavy atom. The van der Waals surface area contributed by atoms with Gasteiger partial charge in [-0.25, -0.2) is 0 Å². The minimum Gasteiger partial charge on any atom is -0.495 e. The minimum atomic E-state index is 0.0546. The Bertz CT molecular complexity index is 992. The van der Waals surface area contributed by atoms with E-state index in [4.69, 9.17) is 4.74 Å². The number of rotatable bonds is 6. The van der Waals surface area contributed by atoms with Crippen molar-refractivity contribution in [1.82, 2.24) is 9.47 Å². The normalized spacial score (nSPS) is 14.7. The number of piperazine rings is 1. The van der Waals surface area contributed by atoms with Crippen LogP contribution in [0.3, 0.4) is 0 Å². The van der Waals surface area contributed by atoms with Crippen molar-refractivity contribution in [2.75, 3.05) is 44.7 Å². The summed E-state index contributed by atoms with van der Waals surface area (Å²) in [6.45, 7) is 5.41. The number of anilines is 1. The van der Waals surface area contributed by atoms with E-state index in [1.165, 1.54) is 0 Å². The molecule has 1 fully saturated rings. The summed E-state index contributed by atoms with van der Waals surface area (Å²) >= 11 is 0. The van der Waals surface area contributed by atoms with Crippen molar-refractivity contribution >= 4 is 5.69 Å². The molecule has 0 saturated carbocycles. The topological polar surface area (TPSA) is 37.7 Å². The van der Waals surface area contributed by atoms with Gasteiger partial charge in [0.15, 0.2) is 0 Å². The highest BCUT2D eigenvalue weighted by atomic mass is 16.5. The zero-order valence-corrected chi connectivity index (χ0v) is 16.8. The summed E-state index contributed by atoms with van der Waals surface area (Å²) < 4.78 is 7.40. The Hall–Kier alpha value is -3.05. The first-order valence-electron chi connectivity index (χ1n) is 10.1. The molecule has 29 heavy (non-hydrogen) atoms. The number of hydrogen-bond donors (Lipinski definition) is 0. The van der Waals surface area contributed by atoms with Gasteiger partial charge in [0.1, 0.15) is 5.75 Å². The maximum atomic E-state index is 12.5. The van der Waals surface area contributed by atoms with Crippen LogP contribution in [0, 0.1) is 0 Å². The van der Waals surface area contributed by atoms with Crippen molar-refractivity contribution in [1.29, 1.82) is 0 Å². The van der Waals surface area contributed by atoms with Gasteiger partial charge in [0.05, 0.1) is 18.5 Å². The average Bonchev–Trinajstić information content (AvgIpc) is 2.79. The Morgan fingerprint density at radius 1 is 0.793 bits per heavy atom.